The van der Waals surface area contributed by atoms with Crippen LogP contribution in [0.1, 0.15) is 67.0 Å². The number of para-hydroxylation sites is 1. The molecule has 3 aromatic heterocycles. The highest BCUT2D eigenvalue weighted by molar-refractivity contribution is 6.08. The number of benzene rings is 4. The van der Waals surface area contributed by atoms with Crippen molar-refractivity contribution in [3.05, 3.63) is 114 Å². The van der Waals surface area contributed by atoms with Gasteiger partial charge < -0.3 is 4.42 Å². The SMILES string of the molecule is [2H]C([2H])([2H])C([2H])(C)c1cccc(C([2H])(C)C([2H])([2H])[2H])c1-[n+]1c(-c2c(C)ccc3c2oc2ncccc23)n(C)c2cc(-c3ccccc3)ccc21. The van der Waals surface area contributed by atoms with Gasteiger partial charge in [-0.1, -0.05) is 88.2 Å². The van der Waals surface area contributed by atoms with Gasteiger partial charge >= 0.3 is 0 Å². The van der Waals surface area contributed by atoms with Crippen molar-refractivity contribution in [1.29, 1.82) is 0 Å². The normalized spacial score (nSPS) is 18.2. The number of hydrogen-bond acceptors (Lipinski definition) is 2. The van der Waals surface area contributed by atoms with Crippen LogP contribution in [-0.2, 0) is 7.05 Å². The quantitative estimate of drug-likeness (QED) is 0.197. The Kier molecular flexibility index (Phi) is 4.44. The molecular weight excluding hydrogens is 514 g/mol. The van der Waals surface area contributed by atoms with Crippen LogP contribution >= 0.6 is 0 Å². The summed E-state index contributed by atoms with van der Waals surface area (Å²) < 4.78 is 79.6. The zero-order valence-electron chi connectivity index (χ0n) is 32.0. The Balaban J connectivity index is 1.72. The van der Waals surface area contributed by atoms with E-state index in [-0.39, 0.29) is 16.8 Å². The lowest BCUT2D eigenvalue weighted by Gasteiger charge is -2.18. The highest BCUT2D eigenvalue weighted by Crippen LogP contribution is 2.40. The van der Waals surface area contributed by atoms with E-state index in [0.717, 1.165) is 33.0 Å². The molecule has 0 aliphatic carbocycles. The van der Waals surface area contributed by atoms with Crippen LogP contribution in [0.15, 0.2) is 102 Å². The summed E-state index contributed by atoms with van der Waals surface area (Å²) in [7, 11) is 1.90. The molecule has 0 aliphatic heterocycles. The van der Waals surface area contributed by atoms with Crippen molar-refractivity contribution in [2.75, 3.05) is 0 Å². The molecule has 0 saturated carbocycles. The minimum absolute atomic E-state index is 0.0692. The zero-order chi connectivity index (χ0) is 36.0. The topological polar surface area (TPSA) is 34.8 Å². The summed E-state index contributed by atoms with van der Waals surface area (Å²) >= 11 is 0. The number of imidazole rings is 1. The van der Waals surface area contributed by atoms with Crippen molar-refractivity contribution in [3.63, 3.8) is 0 Å². The van der Waals surface area contributed by atoms with E-state index in [1.807, 2.05) is 95.9 Å². The fraction of sp³-hybridized carbons (Fsp3) is 0.211. The number of nitrogens with zero attached hydrogens (tertiary/aromatic N) is 3. The van der Waals surface area contributed by atoms with Gasteiger partial charge in [-0.3, -0.25) is 0 Å². The second-order valence-corrected chi connectivity index (χ2v) is 10.8. The Morgan fingerprint density at radius 2 is 1.60 bits per heavy atom. The fourth-order valence-electron chi connectivity index (χ4n) is 6.12. The van der Waals surface area contributed by atoms with Crippen molar-refractivity contribution < 1.29 is 20.0 Å². The minimum Gasteiger partial charge on any atom is -0.437 e. The molecule has 4 nitrogen and oxygen atoms in total. The number of furan rings is 1. The molecule has 0 fully saturated rings. The summed E-state index contributed by atoms with van der Waals surface area (Å²) in [6, 6.07) is 28.2. The summed E-state index contributed by atoms with van der Waals surface area (Å²) in [6.45, 7) is -1.02. The van der Waals surface area contributed by atoms with Crippen LogP contribution in [0, 0.1) is 6.92 Å². The van der Waals surface area contributed by atoms with Gasteiger partial charge in [-0.25, -0.2) is 9.55 Å². The highest BCUT2D eigenvalue weighted by atomic mass is 16.3. The van der Waals surface area contributed by atoms with Crippen LogP contribution in [0.5, 0.6) is 0 Å². The number of aryl methyl sites for hydroxylation is 2. The van der Waals surface area contributed by atoms with Crippen LogP contribution in [0.4, 0.5) is 0 Å². The van der Waals surface area contributed by atoms with Crippen molar-refractivity contribution in [2.45, 2.75) is 46.3 Å². The number of hydrogen-bond donors (Lipinski definition) is 0. The molecule has 0 bridgehead atoms. The molecule has 7 rings (SSSR count). The number of rotatable bonds is 5. The van der Waals surface area contributed by atoms with Crippen LogP contribution in [-0.4, -0.2) is 9.55 Å². The molecule has 7 aromatic rings. The second-order valence-electron chi connectivity index (χ2n) is 10.8. The third kappa shape index (κ3) is 3.97. The van der Waals surface area contributed by atoms with Crippen molar-refractivity contribution >= 4 is 33.1 Å². The maximum absolute atomic E-state index is 9.34. The Morgan fingerprint density at radius 3 is 2.33 bits per heavy atom. The first-order valence-electron chi connectivity index (χ1n) is 18.0. The molecule has 4 heteroatoms. The van der Waals surface area contributed by atoms with Gasteiger partial charge in [0.15, 0.2) is 16.6 Å². The van der Waals surface area contributed by atoms with E-state index in [4.69, 9.17) is 12.6 Å². The first-order chi connectivity index (χ1) is 23.4. The van der Waals surface area contributed by atoms with Crippen molar-refractivity contribution in [3.8, 4) is 28.2 Å². The van der Waals surface area contributed by atoms with Crippen molar-refractivity contribution in [2.24, 2.45) is 7.05 Å². The van der Waals surface area contributed by atoms with E-state index < -0.39 is 25.5 Å². The predicted molar refractivity (Wildman–Crippen MR) is 173 cm³/mol. The van der Waals surface area contributed by atoms with Gasteiger partial charge in [0, 0.05) is 39.1 Å². The lowest BCUT2D eigenvalue weighted by atomic mass is 9.92. The Labute approximate surface area is 258 Å². The van der Waals surface area contributed by atoms with Crippen LogP contribution in [0.2, 0.25) is 0 Å². The number of pyridine rings is 1. The Hall–Kier alpha value is -4.70. The summed E-state index contributed by atoms with van der Waals surface area (Å²) in [6.07, 6.45) is 1.66. The van der Waals surface area contributed by atoms with Gasteiger partial charge in [0.2, 0.25) is 5.71 Å². The maximum Gasteiger partial charge on any atom is 0.299 e. The van der Waals surface area contributed by atoms with E-state index in [1.165, 1.54) is 13.8 Å². The molecule has 0 spiro atoms. The largest absolute Gasteiger partial charge is 0.437 e. The van der Waals surface area contributed by atoms with Crippen LogP contribution in [0.3, 0.4) is 0 Å². The molecule has 0 N–H and O–H groups in total. The zero-order valence-corrected chi connectivity index (χ0v) is 24.0. The smallest absolute Gasteiger partial charge is 0.299 e. The standard InChI is InChI=1S/C38H36N3O/c1-23(2)28-14-10-15-29(24(3)4)35(28)41-32-20-18-27(26-12-8-7-9-13-26)22-33(32)40(6)38(41)34-25(5)17-19-30-31-16-11-21-39-37(31)42-36(30)34/h7-24H,1-6H3/q+1/i1D3,3D3,23D,24D. The third-order valence-corrected chi connectivity index (χ3v) is 8.13. The second kappa shape index (κ2) is 9.99. The monoisotopic (exact) mass is 558 g/mol. The predicted octanol–water partition coefficient (Wildman–Crippen LogP) is 9.64. The van der Waals surface area contributed by atoms with Crippen LogP contribution < -0.4 is 4.57 Å². The fourth-order valence-corrected chi connectivity index (χ4v) is 6.12. The molecule has 0 amide bonds. The molecule has 2 atom stereocenters. The summed E-state index contributed by atoms with van der Waals surface area (Å²) in [5.74, 6) is -3.82. The molecular formula is C38H36N3O+. The minimum atomic E-state index is -2.80. The summed E-state index contributed by atoms with van der Waals surface area (Å²) in [4.78, 5) is 4.47. The molecule has 0 saturated heterocycles. The molecule has 2 unspecified atom stereocenters. The lowest BCUT2D eigenvalue weighted by Crippen LogP contribution is -2.36. The van der Waals surface area contributed by atoms with E-state index in [1.54, 1.807) is 24.4 Å². The summed E-state index contributed by atoms with van der Waals surface area (Å²) in [5.41, 5.74) is 6.15. The highest BCUT2D eigenvalue weighted by Gasteiger charge is 2.33. The van der Waals surface area contributed by atoms with E-state index in [2.05, 4.69) is 4.98 Å². The first-order valence-corrected chi connectivity index (χ1v) is 14.0. The Bertz CT molecular complexity index is 2390. The average Bonchev–Trinajstić information content (AvgIpc) is 3.58. The lowest BCUT2D eigenvalue weighted by molar-refractivity contribution is -0.557. The number of fused-ring (bicyclic) bond motifs is 4. The van der Waals surface area contributed by atoms with Gasteiger partial charge in [-0.05, 0) is 65.7 Å². The molecule has 208 valence electrons. The van der Waals surface area contributed by atoms with Crippen molar-refractivity contribution in [1.82, 2.24) is 9.55 Å². The van der Waals surface area contributed by atoms with E-state index in [9.17, 15) is 2.74 Å². The Morgan fingerprint density at radius 1 is 0.833 bits per heavy atom. The molecule has 3 heterocycles. The first kappa shape index (κ1) is 18.7. The molecule has 0 radical (unpaired) electrons. The maximum atomic E-state index is 9.34. The van der Waals surface area contributed by atoms with Gasteiger partial charge in [-0.15, -0.1) is 0 Å². The molecule has 42 heavy (non-hydrogen) atoms. The summed E-state index contributed by atoms with van der Waals surface area (Å²) in [5, 5.41) is 1.65. The van der Waals surface area contributed by atoms with Gasteiger partial charge in [0.1, 0.15) is 11.3 Å². The molecule has 4 aromatic carbocycles. The van der Waals surface area contributed by atoms with E-state index in [0.29, 0.717) is 28.2 Å². The van der Waals surface area contributed by atoms with Gasteiger partial charge in [-0.2, -0.15) is 4.57 Å². The number of aromatic nitrogens is 3. The third-order valence-electron chi connectivity index (χ3n) is 8.13. The molecule has 0 aliphatic rings. The average molecular weight is 559 g/mol. The van der Waals surface area contributed by atoms with E-state index >= 15 is 0 Å². The van der Waals surface area contributed by atoms with Gasteiger partial charge in [0.25, 0.3) is 5.82 Å². The van der Waals surface area contributed by atoms with Crippen LogP contribution in [0.25, 0.3) is 61.3 Å². The van der Waals surface area contributed by atoms with Gasteiger partial charge in [0.05, 0.1) is 7.05 Å².